The van der Waals surface area contributed by atoms with Crippen LogP contribution < -0.4 is 0 Å². The Kier molecular flexibility index (Phi) is 11.3. The lowest BCUT2D eigenvalue weighted by atomic mass is 9.72. The highest BCUT2D eigenvalue weighted by Crippen LogP contribution is 2.37. The molecule has 1 unspecified atom stereocenters. The second kappa shape index (κ2) is 12.6. The SMILES string of the molecule is CC(C)CCCc1ccc(F)c(C(C)(C)CC(CCC(=O)CCC(C)C)C(C)C)c1. The van der Waals surface area contributed by atoms with Crippen molar-refractivity contribution in [1.29, 1.82) is 0 Å². The number of hydrogen-bond donors (Lipinski definition) is 0. The third-order valence-corrected chi connectivity index (χ3v) is 6.52. The molecule has 0 aromatic heterocycles. The molecule has 0 fully saturated rings. The first-order valence-corrected chi connectivity index (χ1v) is 12.2. The summed E-state index contributed by atoms with van der Waals surface area (Å²) in [5, 5.41) is 0. The maximum Gasteiger partial charge on any atom is 0.132 e. The molecule has 0 spiro atoms. The van der Waals surface area contributed by atoms with Gasteiger partial charge in [-0.2, -0.15) is 0 Å². The molecule has 0 saturated carbocycles. The number of hydrogen-bond acceptors (Lipinski definition) is 1. The molecule has 1 atom stereocenters. The molecule has 0 saturated heterocycles. The minimum atomic E-state index is -0.242. The predicted octanol–water partition coefficient (Wildman–Crippen LogP) is 8.53. The van der Waals surface area contributed by atoms with E-state index in [1.54, 1.807) is 6.07 Å². The summed E-state index contributed by atoms with van der Waals surface area (Å²) < 4.78 is 14.8. The lowest BCUT2D eigenvalue weighted by Gasteiger charge is -2.33. The molecule has 0 aliphatic heterocycles. The second-order valence-corrected chi connectivity index (χ2v) is 11.2. The van der Waals surface area contributed by atoms with Gasteiger partial charge in [0.1, 0.15) is 11.6 Å². The summed E-state index contributed by atoms with van der Waals surface area (Å²) in [7, 11) is 0. The molecule has 1 aromatic rings. The molecular formula is C28H47FO. The third kappa shape index (κ3) is 9.75. The predicted molar refractivity (Wildman–Crippen MR) is 128 cm³/mol. The first kappa shape index (κ1) is 26.9. The number of benzene rings is 1. The van der Waals surface area contributed by atoms with Crippen LogP contribution in [0.4, 0.5) is 4.39 Å². The Labute approximate surface area is 186 Å². The number of carbonyl (C=O) groups is 1. The fourth-order valence-corrected chi connectivity index (χ4v) is 4.32. The Morgan fingerprint density at radius 3 is 2.10 bits per heavy atom. The maximum absolute atomic E-state index is 14.8. The van der Waals surface area contributed by atoms with Crippen LogP contribution in [0.1, 0.15) is 111 Å². The number of rotatable bonds is 14. The topological polar surface area (TPSA) is 17.1 Å². The number of ketones is 1. The van der Waals surface area contributed by atoms with Crippen molar-refractivity contribution >= 4 is 5.78 Å². The van der Waals surface area contributed by atoms with Crippen molar-refractivity contribution in [3.8, 4) is 0 Å². The van der Waals surface area contributed by atoms with E-state index in [0.29, 0.717) is 42.3 Å². The molecule has 0 aliphatic carbocycles. The van der Waals surface area contributed by atoms with Gasteiger partial charge < -0.3 is 0 Å². The Morgan fingerprint density at radius 2 is 1.53 bits per heavy atom. The van der Waals surface area contributed by atoms with Crippen molar-refractivity contribution in [3.63, 3.8) is 0 Å². The maximum atomic E-state index is 14.8. The zero-order valence-corrected chi connectivity index (χ0v) is 21.0. The summed E-state index contributed by atoms with van der Waals surface area (Å²) in [6, 6.07) is 5.70. The number of halogens is 1. The third-order valence-electron chi connectivity index (χ3n) is 6.52. The number of Topliss-reactive ketones (excluding diaryl/α,β-unsaturated/α-hetero) is 1. The Morgan fingerprint density at radius 1 is 0.933 bits per heavy atom. The highest BCUT2D eigenvalue weighted by molar-refractivity contribution is 5.78. The molecule has 0 amide bonds. The first-order chi connectivity index (χ1) is 13.9. The van der Waals surface area contributed by atoms with Crippen LogP contribution >= 0.6 is 0 Å². The summed E-state index contributed by atoms with van der Waals surface area (Å²) in [5.74, 6) is 2.47. The molecule has 0 radical (unpaired) electrons. The van der Waals surface area contributed by atoms with Crippen molar-refractivity contribution in [2.45, 2.75) is 112 Å². The normalized spacial score (nSPS) is 13.5. The van der Waals surface area contributed by atoms with Gasteiger partial charge in [-0.25, -0.2) is 4.39 Å². The Balaban J connectivity index is 2.82. The summed E-state index contributed by atoms with van der Waals surface area (Å²) in [6.45, 7) is 17.6. The van der Waals surface area contributed by atoms with Gasteiger partial charge in [0.2, 0.25) is 0 Å². The van der Waals surface area contributed by atoms with Gasteiger partial charge in [0.15, 0.2) is 0 Å². The van der Waals surface area contributed by atoms with Crippen molar-refractivity contribution in [3.05, 3.63) is 35.1 Å². The molecule has 2 heteroatoms. The van der Waals surface area contributed by atoms with E-state index in [4.69, 9.17) is 0 Å². The zero-order valence-electron chi connectivity index (χ0n) is 21.0. The standard InChI is InChI=1S/C28H47FO/c1-20(2)10-9-11-23-13-17-27(29)26(18-23)28(7,8)19-24(22(5)6)14-16-25(30)15-12-21(3)4/h13,17-18,20-22,24H,9-12,14-16,19H2,1-8H3. The minimum Gasteiger partial charge on any atom is -0.300 e. The van der Waals surface area contributed by atoms with Crippen molar-refractivity contribution in [2.75, 3.05) is 0 Å². The van der Waals surface area contributed by atoms with Crippen LogP contribution in [0, 0.1) is 29.5 Å². The minimum absolute atomic E-state index is 0.0943. The largest absolute Gasteiger partial charge is 0.300 e. The van der Waals surface area contributed by atoms with Crippen LogP contribution in [-0.4, -0.2) is 5.78 Å². The van der Waals surface area contributed by atoms with Gasteiger partial charge >= 0.3 is 0 Å². The molecule has 30 heavy (non-hydrogen) atoms. The van der Waals surface area contributed by atoms with Gasteiger partial charge in [-0.15, -0.1) is 0 Å². The Hall–Kier alpha value is -1.18. The lowest BCUT2D eigenvalue weighted by Crippen LogP contribution is -2.26. The van der Waals surface area contributed by atoms with E-state index < -0.39 is 0 Å². The van der Waals surface area contributed by atoms with Crippen molar-refractivity contribution in [1.82, 2.24) is 0 Å². The van der Waals surface area contributed by atoms with E-state index in [1.807, 2.05) is 6.07 Å². The quantitative estimate of drug-likeness (QED) is 0.296. The lowest BCUT2D eigenvalue weighted by molar-refractivity contribution is -0.119. The van der Waals surface area contributed by atoms with Crippen LogP contribution in [0.2, 0.25) is 0 Å². The monoisotopic (exact) mass is 418 g/mol. The summed E-state index contributed by atoms with van der Waals surface area (Å²) >= 11 is 0. The van der Waals surface area contributed by atoms with Crippen LogP contribution in [0.25, 0.3) is 0 Å². The summed E-state index contributed by atoms with van der Waals surface area (Å²) in [4.78, 5) is 12.3. The average molecular weight is 419 g/mol. The molecule has 1 aromatic carbocycles. The average Bonchev–Trinajstić information content (AvgIpc) is 2.64. The molecule has 1 rings (SSSR count). The fourth-order valence-electron chi connectivity index (χ4n) is 4.32. The molecule has 0 heterocycles. The fraction of sp³-hybridized carbons (Fsp3) is 0.750. The van der Waals surface area contributed by atoms with Crippen LogP contribution in [-0.2, 0) is 16.6 Å². The molecule has 0 N–H and O–H groups in total. The smallest absolute Gasteiger partial charge is 0.132 e. The van der Waals surface area contributed by atoms with E-state index in [1.165, 1.54) is 12.0 Å². The van der Waals surface area contributed by atoms with E-state index in [2.05, 4.69) is 61.5 Å². The number of carbonyl (C=O) groups excluding carboxylic acids is 1. The number of aryl methyl sites for hydroxylation is 1. The Bertz CT molecular complexity index is 642. The van der Waals surface area contributed by atoms with Crippen LogP contribution in [0.3, 0.4) is 0 Å². The zero-order chi connectivity index (χ0) is 22.9. The molecule has 0 aliphatic rings. The first-order valence-electron chi connectivity index (χ1n) is 12.2. The van der Waals surface area contributed by atoms with Gasteiger partial charge in [0.25, 0.3) is 0 Å². The van der Waals surface area contributed by atoms with Gasteiger partial charge in [-0.05, 0) is 78.4 Å². The van der Waals surface area contributed by atoms with Crippen molar-refractivity contribution in [2.24, 2.45) is 23.7 Å². The molecular weight excluding hydrogens is 371 g/mol. The van der Waals surface area contributed by atoms with Crippen LogP contribution in [0.15, 0.2) is 18.2 Å². The van der Waals surface area contributed by atoms with Gasteiger partial charge in [-0.3, -0.25) is 4.79 Å². The highest BCUT2D eigenvalue weighted by atomic mass is 19.1. The molecule has 1 nitrogen and oxygen atoms in total. The second-order valence-electron chi connectivity index (χ2n) is 11.2. The van der Waals surface area contributed by atoms with Gasteiger partial charge in [-0.1, -0.05) is 73.9 Å². The van der Waals surface area contributed by atoms with E-state index in [9.17, 15) is 9.18 Å². The van der Waals surface area contributed by atoms with E-state index in [-0.39, 0.29) is 11.2 Å². The molecule has 172 valence electrons. The summed E-state index contributed by atoms with van der Waals surface area (Å²) in [5.41, 5.74) is 1.83. The highest BCUT2D eigenvalue weighted by Gasteiger charge is 2.29. The summed E-state index contributed by atoms with van der Waals surface area (Å²) in [6.07, 6.45) is 7.52. The van der Waals surface area contributed by atoms with Gasteiger partial charge in [0.05, 0.1) is 0 Å². The van der Waals surface area contributed by atoms with Crippen LogP contribution in [0.5, 0.6) is 0 Å². The molecule has 0 bridgehead atoms. The van der Waals surface area contributed by atoms with E-state index >= 15 is 0 Å². The van der Waals surface area contributed by atoms with E-state index in [0.717, 1.165) is 37.7 Å². The van der Waals surface area contributed by atoms with Gasteiger partial charge in [0, 0.05) is 12.8 Å². The van der Waals surface area contributed by atoms with Crippen molar-refractivity contribution < 1.29 is 9.18 Å².